The van der Waals surface area contributed by atoms with E-state index in [0.717, 1.165) is 13.0 Å². The summed E-state index contributed by atoms with van der Waals surface area (Å²) in [6.07, 6.45) is 5.97. The summed E-state index contributed by atoms with van der Waals surface area (Å²) in [5, 5.41) is 0.217. The van der Waals surface area contributed by atoms with E-state index in [1.165, 1.54) is 11.1 Å². The second-order valence-electron chi connectivity index (χ2n) is 11.2. The minimum absolute atomic E-state index is 0.0712. The third-order valence-electron chi connectivity index (χ3n) is 7.88. The Morgan fingerprint density at radius 3 is 1.97 bits per heavy atom. The van der Waals surface area contributed by atoms with Crippen molar-refractivity contribution in [3.8, 4) is 0 Å². The molecule has 2 aromatic rings. The molecule has 0 heterocycles. The summed E-state index contributed by atoms with van der Waals surface area (Å²) in [5.41, 5.74) is 2.42. The number of benzene rings is 2. The second kappa shape index (κ2) is 10.3. The van der Waals surface area contributed by atoms with Crippen LogP contribution in [0.15, 0.2) is 72.8 Å². The van der Waals surface area contributed by atoms with Crippen LogP contribution in [0.5, 0.6) is 0 Å². The Hall–Kier alpha value is -1.72. The molecule has 5 atom stereocenters. The number of hydrogen-bond donors (Lipinski definition) is 0. The van der Waals surface area contributed by atoms with E-state index in [-0.39, 0.29) is 17.2 Å². The van der Waals surface area contributed by atoms with Gasteiger partial charge in [-0.05, 0) is 41.6 Å². The topological polar surface area (TPSA) is 27.7 Å². The highest BCUT2D eigenvalue weighted by atomic mass is 28.4. The Morgan fingerprint density at radius 1 is 0.818 bits per heavy atom. The van der Waals surface area contributed by atoms with E-state index in [1.54, 1.807) is 0 Å². The molecule has 0 aliphatic heterocycles. The third kappa shape index (κ3) is 5.86. The van der Waals surface area contributed by atoms with Gasteiger partial charge in [0.15, 0.2) is 8.32 Å². The highest BCUT2D eigenvalue weighted by molar-refractivity contribution is 6.74. The average molecular weight is 465 g/mol. The molecule has 0 radical (unpaired) electrons. The standard InChI is InChI=1S/C29H40O3Si/c1-29(2,3)33(4,5)32-21-25-17-16-24-18-26(30-19-22-12-8-6-9-13-22)28(27(24)25)31-20-23-14-10-7-11-15-23/h6-17,24-28H,18-21H2,1-5H3/t24-,25+,26-,27+,28-/m1/s1. The molecule has 2 aliphatic carbocycles. The lowest BCUT2D eigenvalue weighted by Gasteiger charge is -2.38. The van der Waals surface area contributed by atoms with Crippen LogP contribution in [0.3, 0.4) is 0 Å². The van der Waals surface area contributed by atoms with Crippen molar-refractivity contribution in [2.75, 3.05) is 6.61 Å². The van der Waals surface area contributed by atoms with Crippen LogP contribution < -0.4 is 0 Å². The quantitative estimate of drug-likeness (QED) is 0.295. The fourth-order valence-electron chi connectivity index (χ4n) is 4.85. The van der Waals surface area contributed by atoms with Crippen molar-refractivity contribution in [1.29, 1.82) is 0 Å². The molecule has 0 unspecified atom stereocenters. The normalized spacial score (nSPS) is 27.1. The van der Waals surface area contributed by atoms with Gasteiger partial charge in [0.2, 0.25) is 0 Å². The van der Waals surface area contributed by atoms with Crippen molar-refractivity contribution < 1.29 is 13.9 Å². The third-order valence-corrected chi connectivity index (χ3v) is 12.4. The first-order valence-electron chi connectivity index (χ1n) is 12.4. The smallest absolute Gasteiger partial charge is 0.192 e. The minimum atomic E-state index is -1.79. The maximum Gasteiger partial charge on any atom is 0.192 e. The van der Waals surface area contributed by atoms with Crippen LogP contribution in [-0.4, -0.2) is 27.1 Å². The van der Waals surface area contributed by atoms with E-state index in [4.69, 9.17) is 13.9 Å². The number of allylic oxidation sites excluding steroid dienone is 1. The first-order valence-corrected chi connectivity index (χ1v) is 15.3. The van der Waals surface area contributed by atoms with Crippen LogP contribution in [-0.2, 0) is 27.1 Å². The summed E-state index contributed by atoms with van der Waals surface area (Å²) in [6, 6.07) is 20.9. The summed E-state index contributed by atoms with van der Waals surface area (Å²) in [4.78, 5) is 0. The highest BCUT2D eigenvalue weighted by Gasteiger charge is 2.50. The number of ether oxygens (including phenoxy) is 2. The van der Waals surface area contributed by atoms with E-state index >= 15 is 0 Å². The predicted octanol–water partition coefficient (Wildman–Crippen LogP) is 7.00. The Bertz CT molecular complexity index is 903. The molecule has 178 valence electrons. The van der Waals surface area contributed by atoms with Crippen molar-refractivity contribution in [2.45, 2.75) is 70.7 Å². The van der Waals surface area contributed by atoms with Crippen molar-refractivity contribution in [1.82, 2.24) is 0 Å². The number of hydrogen-bond acceptors (Lipinski definition) is 3. The highest BCUT2D eigenvalue weighted by Crippen LogP contribution is 2.47. The maximum absolute atomic E-state index is 6.65. The zero-order valence-corrected chi connectivity index (χ0v) is 21.9. The molecule has 0 N–H and O–H groups in total. The predicted molar refractivity (Wildman–Crippen MR) is 137 cm³/mol. The molecule has 4 heteroatoms. The fourth-order valence-corrected chi connectivity index (χ4v) is 5.89. The van der Waals surface area contributed by atoms with Crippen LogP contribution in [0.25, 0.3) is 0 Å². The lowest BCUT2D eigenvalue weighted by atomic mass is 9.89. The Morgan fingerprint density at radius 2 is 1.39 bits per heavy atom. The van der Waals surface area contributed by atoms with Crippen molar-refractivity contribution in [3.63, 3.8) is 0 Å². The maximum atomic E-state index is 6.65. The van der Waals surface area contributed by atoms with Crippen LogP contribution in [0, 0.1) is 17.8 Å². The van der Waals surface area contributed by atoms with E-state index in [1.807, 2.05) is 6.07 Å². The summed E-state index contributed by atoms with van der Waals surface area (Å²) in [5.74, 6) is 1.30. The Labute approximate surface area is 201 Å². The van der Waals surface area contributed by atoms with Gasteiger partial charge in [0.1, 0.15) is 0 Å². The fraction of sp³-hybridized carbons (Fsp3) is 0.517. The van der Waals surface area contributed by atoms with Gasteiger partial charge in [-0.2, -0.15) is 0 Å². The van der Waals surface area contributed by atoms with Crippen LogP contribution >= 0.6 is 0 Å². The monoisotopic (exact) mass is 464 g/mol. The van der Waals surface area contributed by atoms with Gasteiger partial charge in [-0.15, -0.1) is 0 Å². The average Bonchev–Trinajstić information content (AvgIpc) is 3.34. The van der Waals surface area contributed by atoms with Gasteiger partial charge < -0.3 is 13.9 Å². The van der Waals surface area contributed by atoms with Crippen molar-refractivity contribution in [3.05, 3.63) is 83.9 Å². The van der Waals surface area contributed by atoms with Gasteiger partial charge in [0, 0.05) is 18.4 Å². The number of rotatable bonds is 9. The summed E-state index contributed by atoms with van der Waals surface area (Å²) >= 11 is 0. The Kier molecular flexibility index (Phi) is 7.59. The molecule has 3 nitrogen and oxygen atoms in total. The Balaban J connectivity index is 1.46. The molecule has 0 aromatic heterocycles. The van der Waals surface area contributed by atoms with E-state index in [9.17, 15) is 0 Å². The molecule has 0 saturated heterocycles. The molecular weight excluding hydrogens is 424 g/mol. The van der Waals surface area contributed by atoms with E-state index in [0.29, 0.717) is 31.0 Å². The lowest BCUT2D eigenvalue weighted by molar-refractivity contribution is -0.0908. The summed E-state index contributed by atoms with van der Waals surface area (Å²) < 4.78 is 19.8. The molecular formula is C29H40O3Si. The van der Waals surface area contributed by atoms with Gasteiger partial charge in [0.05, 0.1) is 25.4 Å². The SMILES string of the molecule is CC(C)(C)[Si](C)(C)OC[C@@H]1C=C[C@@H]2C[C@@H](OCc3ccccc3)[C@@H](OCc3ccccc3)[C@@H]21. The largest absolute Gasteiger partial charge is 0.416 e. The molecule has 2 aliphatic rings. The van der Waals surface area contributed by atoms with Crippen molar-refractivity contribution in [2.24, 2.45) is 17.8 Å². The summed E-state index contributed by atoms with van der Waals surface area (Å²) in [6.45, 7) is 13.6. The van der Waals surface area contributed by atoms with E-state index < -0.39 is 8.32 Å². The van der Waals surface area contributed by atoms with Gasteiger partial charge in [-0.1, -0.05) is 93.6 Å². The van der Waals surface area contributed by atoms with Gasteiger partial charge in [0.25, 0.3) is 0 Å². The molecule has 2 aromatic carbocycles. The zero-order chi connectivity index (χ0) is 23.5. The number of fused-ring (bicyclic) bond motifs is 1. The minimum Gasteiger partial charge on any atom is -0.416 e. The first-order chi connectivity index (χ1) is 15.7. The lowest BCUT2D eigenvalue weighted by Crippen LogP contribution is -2.43. The van der Waals surface area contributed by atoms with Crippen LogP contribution in [0.1, 0.15) is 38.3 Å². The van der Waals surface area contributed by atoms with Gasteiger partial charge in [-0.3, -0.25) is 0 Å². The molecule has 1 fully saturated rings. The summed E-state index contributed by atoms with van der Waals surface area (Å²) in [7, 11) is -1.79. The molecule has 0 bridgehead atoms. The second-order valence-corrected chi connectivity index (χ2v) is 16.0. The molecule has 33 heavy (non-hydrogen) atoms. The van der Waals surface area contributed by atoms with Crippen LogP contribution in [0.2, 0.25) is 18.1 Å². The van der Waals surface area contributed by atoms with Crippen molar-refractivity contribution >= 4 is 8.32 Å². The van der Waals surface area contributed by atoms with Gasteiger partial charge in [-0.25, -0.2) is 0 Å². The molecule has 4 rings (SSSR count). The molecule has 0 spiro atoms. The zero-order valence-electron chi connectivity index (χ0n) is 20.9. The molecule has 0 amide bonds. The molecule has 1 saturated carbocycles. The first kappa shape index (κ1) is 24.4. The van der Waals surface area contributed by atoms with Crippen LogP contribution in [0.4, 0.5) is 0 Å². The van der Waals surface area contributed by atoms with E-state index in [2.05, 4.69) is 101 Å². The van der Waals surface area contributed by atoms with Gasteiger partial charge >= 0.3 is 0 Å².